The van der Waals surface area contributed by atoms with Gasteiger partial charge in [0.05, 0.1) is 0 Å². The third kappa shape index (κ3) is 15.9. The number of hydrogen-bond donors (Lipinski definition) is 0. The molecule has 0 aliphatic heterocycles. The van der Waals surface area contributed by atoms with E-state index in [1.165, 1.54) is 96.2 Å². The largest absolute Gasteiger partial charge is 0.303 e. The fourth-order valence-corrected chi connectivity index (χ4v) is 3.01. The van der Waals surface area contributed by atoms with E-state index in [1.54, 1.807) is 0 Å². The van der Waals surface area contributed by atoms with Crippen LogP contribution in [0.2, 0.25) is 0 Å². The topological polar surface area (TPSA) is 17.1 Å². The number of aldehydes is 1. The van der Waals surface area contributed by atoms with E-state index in [4.69, 9.17) is 0 Å². The van der Waals surface area contributed by atoms with Crippen LogP contribution in [-0.2, 0) is 4.79 Å². The van der Waals surface area contributed by atoms with Crippen LogP contribution in [0.1, 0.15) is 117 Å². The summed E-state index contributed by atoms with van der Waals surface area (Å²) in [6, 6.07) is 0. The van der Waals surface area contributed by atoms with Gasteiger partial charge >= 0.3 is 0 Å². The van der Waals surface area contributed by atoms with Crippen molar-refractivity contribution in [1.29, 1.82) is 0 Å². The maximum Gasteiger partial charge on any atom is 0.123 e. The van der Waals surface area contributed by atoms with E-state index in [0.29, 0.717) is 5.92 Å². The third-order valence-corrected chi connectivity index (χ3v) is 4.55. The minimum Gasteiger partial charge on any atom is -0.303 e. The average molecular weight is 297 g/mol. The molecule has 0 saturated carbocycles. The first kappa shape index (κ1) is 20.7. The molecule has 1 atom stereocenters. The molecular formula is C20H40O. The van der Waals surface area contributed by atoms with E-state index in [1.807, 2.05) is 0 Å². The van der Waals surface area contributed by atoms with Gasteiger partial charge in [0.2, 0.25) is 0 Å². The molecule has 1 heteroatoms. The van der Waals surface area contributed by atoms with Crippen molar-refractivity contribution in [2.75, 3.05) is 0 Å². The first-order chi connectivity index (χ1) is 10.3. The molecule has 0 aliphatic rings. The van der Waals surface area contributed by atoms with E-state index >= 15 is 0 Å². The van der Waals surface area contributed by atoms with Gasteiger partial charge < -0.3 is 4.79 Å². The highest BCUT2D eigenvalue weighted by atomic mass is 16.1. The zero-order valence-corrected chi connectivity index (χ0v) is 14.9. The van der Waals surface area contributed by atoms with Crippen LogP contribution < -0.4 is 0 Å². The van der Waals surface area contributed by atoms with Crippen LogP contribution in [-0.4, -0.2) is 6.29 Å². The Morgan fingerprint density at radius 1 is 0.571 bits per heavy atom. The molecule has 0 aromatic rings. The second-order valence-corrected chi connectivity index (χ2v) is 6.72. The van der Waals surface area contributed by atoms with E-state index in [-0.39, 0.29) is 0 Å². The molecule has 0 spiro atoms. The van der Waals surface area contributed by atoms with Crippen molar-refractivity contribution in [2.24, 2.45) is 5.92 Å². The molecule has 0 aromatic carbocycles. The lowest BCUT2D eigenvalue weighted by molar-refractivity contribution is -0.111. The lowest BCUT2D eigenvalue weighted by Crippen LogP contribution is -2.02. The molecule has 0 heterocycles. The van der Waals surface area contributed by atoms with Crippen LogP contribution in [0.5, 0.6) is 0 Å². The Hall–Kier alpha value is -0.330. The molecule has 21 heavy (non-hydrogen) atoms. The zero-order chi connectivity index (χ0) is 15.6. The Labute approximate surface area is 134 Å². The molecule has 0 bridgehead atoms. The van der Waals surface area contributed by atoms with Crippen LogP contribution >= 0.6 is 0 Å². The summed E-state index contributed by atoms with van der Waals surface area (Å²) in [6.07, 6.45) is 22.4. The molecule has 0 fully saturated rings. The fourth-order valence-electron chi connectivity index (χ4n) is 3.01. The fraction of sp³-hybridized carbons (Fsp3) is 0.950. The summed E-state index contributed by atoms with van der Waals surface area (Å²) in [5, 5.41) is 0. The summed E-state index contributed by atoms with van der Waals surface area (Å²) in [5.74, 6) is 0.344. The highest BCUT2D eigenvalue weighted by molar-refractivity contribution is 5.53. The minimum atomic E-state index is 0.344. The van der Waals surface area contributed by atoms with Gasteiger partial charge in [-0.2, -0.15) is 0 Å². The van der Waals surface area contributed by atoms with Gasteiger partial charge in [-0.25, -0.2) is 0 Å². The number of rotatable bonds is 17. The van der Waals surface area contributed by atoms with Crippen LogP contribution in [0.3, 0.4) is 0 Å². The van der Waals surface area contributed by atoms with Gasteiger partial charge in [0.1, 0.15) is 6.29 Å². The van der Waals surface area contributed by atoms with Crippen LogP contribution in [0.15, 0.2) is 0 Å². The maximum absolute atomic E-state index is 11.1. The van der Waals surface area contributed by atoms with Gasteiger partial charge in [-0.15, -0.1) is 0 Å². The third-order valence-electron chi connectivity index (χ3n) is 4.55. The monoisotopic (exact) mass is 296 g/mol. The standard InChI is InChI=1S/C20H40O/c1-3-5-7-9-11-12-14-16-18-20(19-21)17-15-13-10-8-6-4-2/h19-20H,3-18H2,1-2H3. The van der Waals surface area contributed by atoms with Crippen molar-refractivity contribution in [1.82, 2.24) is 0 Å². The molecule has 0 amide bonds. The molecule has 1 unspecified atom stereocenters. The van der Waals surface area contributed by atoms with E-state index in [9.17, 15) is 4.79 Å². The Morgan fingerprint density at radius 2 is 0.905 bits per heavy atom. The summed E-state index contributed by atoms with van der Waals surface area (Å²) in [5.41, 5.74) is 0. The van der Waals surface area contributed by atoms with Gasteiger partial charge in [0, 0.05) is 5.92 Å². The average Bonchev–Trinajstić information content (AvgIpc) is 2.51. The second kappa shape index (κ2) is 17.7. The Bertz CT molecular complexity index is 200. The Kier molecular flexibility index (Phi) is 17.4. The zero-order valence-electron chi connectivity index (χ0n) is 14.9. The molecule has 0 aromatic heterocycles. The van der Waals surface area contributed by atoms with Gasteiger partial charge in [-0.1, -0.05) is 104 Å². The summed E-state index contributed by atoms with van der Waals surface area (Å²) in [4.78, 5) is 11.1. The molecule has 0 radical (unpaired) electrons. The highest BCUT2D eigenvalue weighted by Crippen LogP contribution is 2.17. The van der Waals surface area contributed by atoms with E-state index < -0.39 is 0 Å². The van der Waals surface area contributed by atoms with Crippen molar-refractivity contribution in [3.63, 3.8) is 0 Å². The van der Waals surface area contributed by atoms with Crippen LogP contribution in [0.25, 0.3) is 0 Å². The predicted molar refractivity (Wildman–Crippen MR) is 94.8 cm³/mol. The van der Waals surface area contributed by atoms with Gasteiger partial charge in [0.25, 0.3) is 0 Å². The molecule has 126 valence electrons. The van der Waals surface area contributed by atoms with E-state index in [2.05, 4.69) is 13.8 Å². The normalized spacial score (nSPS) is 12.5. The molecule has 0 aliphatic carbocycles. The smallest absolute Gasteiger partial charge is 0.123 e. The number of carbonyl (C=O) groups is 1. The van der Waals surface area contributed by atoms with Gasteiger partial charge in [0.15, 0.2) is 0 Å². The molecule has 0 N–H and O–H groups in total. The Balaban J connectivity index is 3.30. The predicted octanol–water partition coefficient (Wildman–Crippen LogP) is 7.08. The second-order valence-electron chi connectivity index (χ2n) is 6.72. The van der Waals surface area contributed by atoms with Crippen molar-refractivity contribution < 1.29 is 4.79 Å². The van der Waals surface area contributed by atoms with Crippen LogP contribution in [0.4, 0.5) is 0 Å². The quantitative estimate of drug-likeness (QED) is 0.207. The first-order valence-corrected chi connectivity index (χ1v) is 9.80. The number of carbonyl (C=O) groups excluding carboxylic acids is 1. The summed E-state index contributed by atoms with van der Waals surface area (Å²) in [7, 11) is 0. The molecule has 0 rings (SSSR count). The number of hydrogen-bond acceptors (Lipinski definition) is 1. The van der Waals surface area contributed by atoms with E-state index in [0.717, 1.165) is 12.8 Å². The highest BCUT2D eigenvalue weighted by Gasteiger charge is 2.06. The van der Waals surface area contributed by atoms with Crippen molar-refractivity contribution >= 4 is 6.29 Å². The molecule has 1 nitrogen and oxygen atoms in total. The lowest BCUT2D eigenvalue weighted by Gasteiger charge is -2.10. The van der Waals surface area contributed by atoms with Crippen molar-refractivity contribution in [3.05, 3.63) is 0 Å². The van der Waals surface area contributed by atoms with Gasteiger partial charge in [-0.3, -0.25) is 0 Å². The minimum absolute atomic E-state index is 0.344. The van der Waals surface area contributed by atoms with Crippen LogP contribution in [0, 0.1) is 5.92 Å². The maximum atomic E-state index is 11.1. The Morgan fingerprint density at radius 3 is 1.24 bits per heavy atom. The summed E-state index contributed by atoms with van der Waals surface area (Å²) >= 11 is 0. The number of unbranched alkanes of at least 4 members (excludes halogenated alkanes) is 12. The first-order valence-electron chi connectivity index (χ1n) is 9.80. The van der Waals surface area contributed by atoms with Crippen molar-refractivity contribution in [3.8, 4) is 0 Å². The summed E-state index contributed by atoms with van der Waals surface area (Å²) in [6.45, 7) is 4.52. The lowest BCUT2D eigenvalue weighted by atomic mass is 9.95. The van der Waals surface area contributed by atoms with Crippen molar-refractivity contribution in [2.45, 2.75) is 117 Å². The summed E-state index contributed by atoms with van der Waals surface area (Å²) < 4.78 is 0. The molecular weight excluding hydrogens is 256 g/mol. The SMILES string of the molecule is CCCCCCCCCCC(C=O)CCCCCCCC. The van der Waals surface area contributed by atoms with Gasteiger partial charge in [-0.05, 0) is 12.8 Å². The molecule has 0 saturated heterocycles.